The summed E-state index contributed by atoms with van der Waals surface area (Å²) in [6.45, 7) is 1.81. The smallest absolute Gasteiger partial charge is 0.258 e. The number of nitrogens with zero attached hydrogens (tertiary/aromatic N) is 4. The molecule has 2 heterocycles. The highest BCUT2D eigenvalue weighted by molar-refractivity contribution is 5.80. The van der Waals surface area contributed by atoms with Crippen molar-refractivity contribution in [2.24, 2.45) is 0 Å². The molecule has 0 spiro atoms. The minimum absolute atomic E-state index is 0.295. The molecule has 0 bridgehead atoms. The van der Waals surface area contributed by atoms with E-state index in [0.29, 0.717) is 17.0 Å². The molecule has 2 aromatic heterocycles. The Morgan fingerprint density at radius 1 is 1.20 bits per heavy atom. The van der Waals surface area contributed by atoms with Gasteiger partial charge in [-0.2, -0.15) is 9.37 Å². The van der Waals surface area contributed by atoms with Crippen molar-refractivity contribution >= 4 is 16.7 Å². The molecule has 0 radical (unpaired) electrons. The minimum atomic E-state index is -0.509. The Morgan fingerprint density at radius 2 is 2.00 bits per heavy atom. The SMILES string of the molecule is Cc1nnc2nc(F)c3ccccc3n12. The van der Waals surface area contributed by atoms with E-state index < -0.39 is 5.95 Å². The summed E-state index contributed by atoms with van der Waals surface area (Å²) in [4.78, 5) is 3.75. The monoisotopic (exact) mass is 202 g/mol. The van der Waals surface area contributed by atoms with Crippen molar-refractivity contribution < 1.29 is 4.39 Å². The fourth-order valence-corrected chi connectivity index (χ4v) is 1.70. The fourth-order valence-electron chi connectivity index (χ4n) is 1.70. The van der Waals surface area contributed by atoms with Crippen LogP contribution in [0.25, 0.3) is 16.7 Å². The van der Waals surface area contributed by atoms with Crippen molar-refractivity contribution in [3.05, 3.63) is 36.0 Å². The van der Waals surface area contributed by atoms with Crippen molar-refractivity contribution in [3.63, 3.8) is 0 Å². The van der Waals surface area contributed by atoms with Gasteiger partial charge in [-0.1, -0.05) is 12.1 Å². The van der Waals surface area contributed by atoms with Gasteiger partial charge in [0.1, 0.15) is 5.82 Å². The first kappa shape index (κ1) is 8.28. The number of benzene rings is 1. The van der Waals surface area contributed by atoms with Crippen LogP contribution in [-0.4, -0.2) is 19.6 Å². The van der Waals surface area contributed by atoms with Crippen molar-refractivity contribution in [2.75, 3.05) is 0 Å². The molecule has 3 rings (SSSR count). The van der Waals surface area contributed by atoms with Crippen molar-refractivity contribution in [3.8, 4) is 0 Å². The largest absolute Gasteiger partial charge is 0.263 e. The molecule has 15 heavy (non-hydrogen) atoms. The number of hydrogen-bond donors (Lipinski definition) is 0. The molecule has 0 saturated carbocycles. The molecular weight excluding hydrogens is 195 g/mol. The summed E-state index contributed by atoms with van der Waals surface area (Å²) in [5.41, 5.74) is 0.738. The van der Waals surface area contributed by atoms with Gasteiger partial charge in [0, 0.05) is 0 Å². The normalized spacial score (nSPS) is 11.3. The molecule has 74 valence electrons. The number of fused-ring (bicyclic) bond motifs is 3. The summed E-state index contributed by atoms with van der Waals surface area (Å²) in [5.74, 6) is 0.489. The van der Waals surface area contributed by atoms with Gasteiger partial charge in [0.15, 0.2) is 0 Å². The zero-order valence-electron chi connectivity index (χ0n) is 7.98. The van der Waals surface area contributed by atoms with E-state index in [1.165, 1.54) is 0 Å². The molecule has 0 aliphatic heterocycles. The van der Waals surface area contributed by atoms with Crippen molar-refractivity contribution in [1.82, 2.24) is 19.6 Å². The molecule has 0 aliphatic rings. The van der Waals surface area contributed by atoms with Crippen LogP contribution in [0.4, 0.5) is 4.39 Å². The van der Waals surface area contributed by atoms with Gasteiger partial charge >= 0.3 is 0 Å². The predicted octanol–water partition coefficient (Wildman–Crippen LogP) is 1.73. The Kier molecular flexibility index (Phi) is 1.50. The topological polar surface area (TPSA) is 43.1 Å². The average molecular weight is 202 g/mol. The van der Waals surface area contributed by atoms with Gasteiger partial charge in [-0.25, -0.2) is 0 Å². The lowest BCUT2D eigenvalue weighted by Crippen LogP contribution is -1.97. The average Bonchev–Trinajstić information content (AvgIpc) is 2.61. The molecule has 0 amide bonds. The Labute approximate surface area is 84.4 Å². The second kappa shape index (κ2) is 2.73. The van der Waals surface area contributed by atoms with Gasteiger partial charge in [0.2, 0.25) is 5.95 Å². The minimum Gasteiger partial charge on any atom is -0.263 e. The van der Waals surface area contributed by atoms with E-state index >= 15 is 0 Å². The highest BCUT2D eigenvalue weighted by Crippen LogP contribution is 2.17. The number of aromatic nitrogens is 4. The molecule has 0 fully saturated rings. The standard InChI is InChI=1S/C10H7FN4/c1-6-13-14-10-12-9(11)7-4-2-3-5-8(7)15(6)10/h2-5H,1H3. The first-order valence-corrected chi connectivity index (χ1v) is 4.53. The third kappa shape index (κ3) is 1.03. The molecule has 1 aromatic carbocycles. The van der Waals surface area contributed by atoms with Crippen LogP contribution in [0.1, 0.15) is 5.82 Å². The molecule has 0 N–H and O–H groups in total. The van der Waals surface area contributed by atoms with Crippen LogP contribution < -0.4 is 0 Å². The molecule has 3 aromatic rings. The highest BCUT2D eigenvalue weighted by Gasteiger charge is 2.10. The van der Waals surface area contributed by atoms with Gasteiger partial charge in [-0.3, -0.25) is 4.40 Å². The van der Waals surface area contributed by atoms with E-state index in [9.17, 15) is 4.39 Å². The molecule has 4 nitrogen and oxygen atoms in total. The third-order valence-corrected chi connectivity index (χ3v) is 2.37. The van der Waals surface area contributed by atoms with Crippen molar-refractivity contribution in [1.29, 1.82) is 0 Å². The number of rotatable bonds is 0. The third-order valence-electron chi connectivity index (χ3n) is 2.37. The first-order chi connectivity index (χ1) is 7.27. The lowest BCUT2D eigenvalue weighted by molar-refractivity contribution is 0.597. The number of aryl methyl sites for hydroxylation is 1. The Balaban J connectivity index is 2.67. The highest BCUT2D eigenvalue weighted by atomic mass is 19.1. The zero-order valence-corrected chi connectivity index (χ0v) is 7.98. The zero-order chi connectivity index (χ0) is 10.4. The summed E-state index contributed by atoms with van der Waals surface area (Å²) >= 11 is 0. The first-order valence-electron chi connectivity index (χ1n) is 4.53. The van der Waals surface area contributed by atoms with E-state index in [2.05, 4.69) is 15.2 Å². The quantitative estimate of drug-likeness (QED) is 0.521. The summed E-state index contributed by atoms with van der Waals surface area (Å²) in [6.07, 6.45) is 0. The van der Waals surface area contributed by atoms with E-state index in [1.54, 1.807) is 16.5 Å². The van der Waals surface area contributed by atoms with E-state index in [4.69, 9.17) is 0 Å². The fraction of sp³-hybridized carbons (Fsp3) is 0.100. The van der Waals surface area contributed by atoms with Crippen molar-refractivity contribution in [2.45, 2.75) is 6.92 Å². The maximum absolute atomic E-state index is 13.5. The van der Waals surface area contributed by atoms with Crippen LogP contribution >= 0.6 is 0 Å². The Bertz CT molecular complexity index is 659. The summed E-state index contributed by atoms with van der Waals surface area (Å²) in [6, 6.07) is 7.14. The lowest BCUT2D eigenvalue weighted by atomic mass is 10.2. The Morgan fingerprint density at radius 3 is 2.87 bits per heavy atom. The maximum atomic E-state index is 13.5. The molecule has 0 atom stereocenters. The number of halogens is 1. The van der Waals surface area contributed by atoms with E-state index in [0.717, 1.165) is 5.52 Å². The molecule has 0 aliphatic carbocycles. The van der Waals surface area contributed by atoms with E-state index in [1.807, 2.05) is 19.1 Å². The molecule has 0 unspecified atom stereocenters. The van der Waals surface area contributed by atoms with Gasteiger partial charge in [-0.05, 0) is 19.1 Å². The van der Waals surface area contributed by atoms with Crippen LogP contribution in [0.3, 0.4) is 0 Å². The summed E-state index contributed by atoms with van der Waals surface area (Å²) < 4.78 is 15.3. The number of para-hydroxylation sites is 1. The second-order valence-electron chi connectivity index (χ2n) is 3.30. The molecule has 5 heteroatoms. The predicted molar refractivity (Wildman–Crippen MR) is 53.0 cm³/mol. The van der Waals surface area contributed by atoms with E-state index in [-0.39, 0.29) is 0 Å². The lowest BCUT2D eigenvalue weighted by Gasteiger charge is -2.02. The van der Waals surface area contributed by atoms with Crippen LogP contribution in [0.2, 0.25) is 0 Å². The maximum Gasteiger partial charge on any atom is 0.258 e. The van der Waals surface area contributed by atoms with Gasteiger partial charge in [-0.15, -0.1) is 10.2 Å². The second-order valence-corrected chi connectivity index (χ2v) is 3.30. The Hall–Kier alpha value is -2.04. The van der Waals surface area contributed by atoms with Crippen LogP contribution in [0.5, 0.6) is 0 Å². The van der Waals surface area contributed by atoms with Gasteiger partial charge < -0.3 is 0 Å². The van der Waals surface area contributed by atoms with Crippen LogP contribution in [0, 0.1) is 12.9 Å². The van der Waals surface area contributed by atoms with Crippen LogP contribution in [-0.2, 0) is 0 Å². The van der Waals surface area contributed by atoms with Gasteiger partial charge in [0.05, 0.1) is 10.9 Å². The number of hydrogen-bond acceptors (Lipinski definition) is 3. The van der Waals surface area contributed by atoms with Gasteiger partial charge in [0.25, 0.3) is 5.78 Å². The summed E-state index contributed by atoms with van der Waals surface area (Å²) in [5, 5.41) is 8.14. The van der Waals surface area contributed by atoms with Crippen LogP contribution in [0.15, 0.2) is 24.3 Å². The molecular formula is C10H7FN4. The summed E-state index contributed by atoms with van der Waals surface area (Å²) in [7, 11) is 0. The molecule has 0 saturated heterocycles.